The Morgan fingerprint density at radius 3 is 1.85 bits per heavy atom. The van der Waals surface area contributed by atoms with Crippen LogP contribution in [0.15, 0.2) is 42.7 Å². The summed E-state index contributed by atoms with van der Waals surface area (Å²) in [7, 11) is 0. The van der Waals surface area contributed by atoms with Crippen molar-refractivity contribution >= 4 is 0 Å². The highest BCUT2D eigenvalue weighted by Crippen LogP contribution is 2.14. The van der Waals surface area contributed by atoms with E-state index in [-0.39, 0.29) is 17.0 Å². The molecule has 1 aromatic heterocycles. The molecule has 0 amide bonds. The van der Waals surface area contributed by atoms with Gasteiger partial charge < -0.3 is 17.0 Å². The van der Waals surface area contributed by atoms with Gasteiger partial charge in [-0.2, -0.15) is 0 Å². The van der Waals surface area contributed by atoms with Crippen LogP contribution in [-0.2, 0) is 6.54 Å². The number of aromatic nitrogens is 2. The van der Waals surface area contributed by atoms with Gasteiger partial charge in [0.1, 0.15) is 12.4 Å². The molecule has 0 aliphatic heterocycles. The van der Waals surface area contributed by atoms with Crippen molar-refractivity contribution in [2.75, 3.05) is 0 Å². The zero-order chi connectivity index (χ0) is 17.6. The van der Waals surface area contributed by atoms with Crippen LogP contribution in [0.4, 0.5) is 0 Å². The van der Waals surface area contributed by atoms with Crippen molar-refractivity contribution in [2.45, 2.75) is 90.5 Å². The Kier molecular flexibility index (Phi) is 13.3. The summed E-state index contributed by atoms with van der Waals surface area (Å²) in [4.78, 5) is 3.38. The number of rotatable bonds is 14. The minimum atomic E-state index is 0. The largest absolute Gasteiger partial charge is 1.00 e. The van der Waals surface area contributed by atoms with E-state index in [1.807, 2.05) is 6.20 Å². The molecule has 0 atom stereocenters. The van der Waals surface area contributed by atoms with Crippen LogP contribution < -0.4 is 21.5 Å². The first-order valence-corrected chi connectivity index (χ1v) is 10.5. The first kappa shape index (κ1) is 23.0. The SMILES string of the molecule is CCCCCCCCCCCCCC[n+]1cc[nH]c1-c1ccccc1.[Br-]. The third kappa shape index (κ3) is 9.02. The molecular formula is C23H37BrN2. The number of unbranched alkanes of at least 4 members (excludes halogenated alkanes) is 11. The van der Waals surface area contributed by atoms with Gasteiger partial charge in [-0.1, -0.05) is 89.3 Å². The fourth-order valence-corrected chi connectivity index (χ4v) is 3.52. The van der Waals surface area contributed by atoms with Crippen molar-refractivity contribution in [2.24, 2.45) is 0 Å². The molecule has 1 N–H and O–H groups in total. The van der Waals surface area contributed by atoms with Gasteiger partial charge in [0, 0.05) is 0 Å². The number of halogens is 1. The number of H-pyrrole nitrogens is 1. The highest BCUT2D eigenvalue weighted by molar-refractivity contribution is 5.51. The van der Waals surface area contributed by atoms with Gasteiger partial charge >= 0.3 is 0 Å². The van der Waals surface area contributed by atoms with Gasteiger partial charge in [0.2, 0.25) is 0 Å². The number of benzene rings is 1. The van der Waals surface area contributed by atoms with Crippen LogP contribution in [0.2, 0.25) is 0 Å². The summed E-state index contributed by atoms with van der Waals surface area (Å²) in [6.07, 6.45) is 21.1. The third-order valence-electron chi connectivity index (χ3n) is 5.06. The average molecular weight is 421 g/mol. The first-order valence-electron chi connectivity index (χ1n) is 10.5. The molecule has 1 heterocycles. The Hall–Kier alpha value is -1.09. The maximum Gasteiger partial charge on any atom is 0.286 e. The van der Waals surface area contributed by atoms with Crippen molar-refractivity contribution in [3.8, 4) is 11.4 Å². The van der Waals surface area contributed by atoms with Gasteiger partial charge in [-0.05, 0) is 25.0 Å². The number of imidazole rings is 1. The summed E-state index contributed by atoms with van der Waals surface area (Å²) in [6.45, 7) is 3.40. The van der Waals surface area contributed by atoms with Gasteiger partial charge in [0.05, 0.1) is 12.1 Å². The van der Waals surface area contributed by atoms with E-state index in [1.54, 1.807) is 0 Å². The topological polar surface area (TPSA) is 19.7 Å². The van der Waals surface area contributed by atoms with E-state index < -0.39 is 0 Å². The van der Waals surface area contributed by atoms with Gasteiger partial charge in [0.25, 0.3) is 5.82 Å². The summed E-state index contributed by atoms with van der Waals surface area (Å²) < 4.78 is 2.35. The van der Waals surface area contributed by atoms with Gasteiger partial charge in [-0.25, -0.2) is 9.55 Å². The molecule has 0 aliphatic rings. The normalized spacial score (nSPS) is 10.7. The van der Waals surface area contributed by atoms with Crippen LogP contribution in [0.25, 0.3) is 11.4 Å². The van der Waals surface area contributed by atoms with Crippen LogP contribution in [0.3, 0.4) is 0 Å². The quantitative estimate of drug-likeness (QED) is 0.355. The molecule has 0 bridgehead atoms. The summed E-state index contributed by atoms with van der Waals surface area (Å²) in [6, 6.07) is 10.6. The second-order valence-electron chi connectivity index (χ2n) is 7.26. The van der Waals surface area contributed by atoms with E-state index in [4.69, 9.17) is 0 Å². The molecule has 0 saturated heterocycles. The van der Waals surface area contributed by atoms with E-state index in [2.05, 4.69) is 53.0 Å². The summed E-state index contributed by atoms with van der Waals surface area (Å²) in [5.74, 6) is 1.23. The van der Waals surface area contributed by atoms with Gasteiger partial charge in [-0.15, -0.1) is 0 Å². The lowest BCUT2D eigenvalue weighted by Gasteiger charge is -2.03. The molecule has 146 valence electrons. The van der Waals surface area contributed by atoms with E-state index in [1.165, 1.54) is 88.4 Å². The lowest BCUT2D eigenvalue weighted by atomic mass is 10.1. The van der Waals surface area contributed by atoms with E-state index >= 15 is 0 Å². The van der Waals surface area contributed by atoms with Crippen molar-refractivity contribution < 1.29 is 21.5 Å². The summed E-state index contributed by atoms with van der Waals surface area (Å²) in [5.41, 5.74) is 1.27. The molecule has 26 heavy (non-hydrogen) atoms. The number of aryl methyl sites for hydroxylation is 1. The smallest absolute Gasteiger partial charge is 0.286 e. The minimum Gasteiger partial charge on any atom is -1.00 e. The molecule has 2 aromatic rings. The zero-order valence-electron chi connectivity index (χ0n) is 16.6. The molecule has 0 radical (unpaired) electrons. The molecule has 0 fully saturated rings. The molecule has 2 nitrogen and oxygen atoms in total. The molecule has 0 saturated carbocycles. The monoisotopic (exact) mass is 420 g/mol. The Morgan fingerprint density at radius 2 is 1.27 bits per heavy atom. The van der Waals surface area contributed by atoms with E-state index in [0.717, 1.165) is 6.54 Å². The summed E-state index contributed by atoms with van der Waals surface area (Å²) in [5, 5.41) is 0. The third-order valence-corrected chi connectivity index (χ3v) is 5.06. The fraction of sp³-hybridized carbons (Fsp3) is 0.609. The maximum atomic E-state index is 3.38. The second-order valence-corrected chi connectivity index (χ2v) is 7.26. The van der Waals surface area contributed by atoms with Crippen molar-refractivity contribution in [3.05, 3.63) is 42.7 Å². The Morgan fingerprint density at radius 1 is 0.731 bits per heavy atom. The lowest BCUT2D eigenvalue weighted by molar-refractivity contribution is -0.685. The predicted octanol–water partition coefficient (Wildman–Crippen LogP) is 3.67. The average Bonchev–Trinajstić information content (AvgIpc) is 3.12. The van der Waals surface area contributed by atoms with Crippen molar-refractivity contribution in [1.82, 2.24) is 4.98 Å². The highest BCUT2D eigenvalue weighted by atomic mass is 79.9. The molecule has 0 aliphatic carbocycles. The van der Waals surface area contributed by atoms with Crippen LogP contribution in [-0.4, -0.2) is 4.98 Å². The van der Waals surface area contributed by atoms with Crippen molar-refractivity contribution in [3.63, 3.8) is 0 Å². The van der Waals surface area contributed by atoms with Gasteiger partial charge in [-0.3, -0.25) is 0 Å². The fourth-order valence-electron chi connectivity index (χ4n) is 3.52. The van der Waals surface area contributed by atoms with E-state index in [0.29, 0.717) is 0 Å². The molecule has 0 spiro atoms. The molecule has 0 unspecified atom stereocenters. The number of hydrogen-bond donors (Lipinski definition) is 1. The van der Waals surface area contributed by atoms with Crippen molar-refractivity contribution in [1.29, 1.82) is 0 Å². The zero-order valence-corrected chi connectivity index (χ0v) is 18.1. The second kappa shape index (κ2) is 15.0. The van der Waals surface area contributed by atoms with Crippen LogP contribution in [0, 0.1) is 0 Å². The summed E-state index contributed by atoms with van der Waals surface area (Å²) >= 11 is 0. The Bertz CT molecular complexity index is 550. The Labute approximate surface area is 171 Å². The molecule has 1 aromatic carbocycles. The minimum absolute atomic E-state index is 0. The molecule has 3 heteroatoms. The van der Waals surface area contributed by atoms with Crippen LogP contribution in [0.1, 0.15) is 84.0 Å². The number of nitrogens with zero attached hydrogens (tertiary/aromatic N) is 1. The number of nitrogens with one attached hydrogen (secondary N) is 1. The molecule has 2 rings (SSSR count). The van der Waals surface area contributed by atoms with E-state index in [9.17, 15) is 0 Å². The number of hydrogen-bond acceptors (Lipinski definition) is 0. The molecular weight excluding hydrogens is 384 g/mol. The number of aromatic amines is 1. The predicted molar refractivity (Wildman–Crippen MR) is 108 cm³/mol. The Balaban J connectivity index is 0.00000338. The standard InChI is InChI=1S/C23H36N2.BrH/c1-2-3-4-5-6-7-8-9-10-11-12-16-20-25-21-19-24-23(25)22-17-14-13-15-18-22;/h13-15,17-19,21H,2-12,16,20H2,1H3;1H. The van der Waals surface area contributed by atoms with Crippen LogP contribution >= 0.6 is 0 Å². The maximum absolute atomic E-state index is 3.38. The van der Waals surface area contributed by atoms with Crippen LogP contribution in [0.5, 0.6) is 0 Å². The highest BCUT2D eigenvalue weighted by Gasteiger charge is 2.11. The lowest BCUT2D eigenvalue weighted by Crippen LogP contribution is -3.00. The first-order chi connectivity index (χ1) is 12.4. The van der Waals surface area contributed by atoms with Gasteiger partial charge in [0.15, 0.2) is 0 Å².